The Morgan fingerprint density at radius 2 is 2.69 bits per heavy atom. The molecular formula is C10H15N3O2S. The van der Waals surface area contributed by atoms with Crippen molar-refractivity contribution in [1.82, 2.24) is 15.6 Å². The Morgan fingerprint density at radius 3 is 3.38 bits per heavy atom. The zero-order valence-electron chi connectivity index (χ0n) is 8.94. The molecule has 2 N–H and O–H groups in total. The maximum atomic E-state index is 11.6. The number of nitrogens with one attached hydrogen (secondary N) is 2. The number of carbonyl (C=O) groups excluding carboxylic acids is 1. The van der Waals surface area contributed by atoms with Crippen molar-refractivity contribution in [2.45, 2.75) is 19.0 Å². The molecule has 1 aromatic rings. The van der Waals surface area contributed by atoms with Crippen LogP contribution in [-0.2, 0) is 16.1 Å². The van der Waals surface area contributed by atoms with Gasteiger partial charge in [-0.2, -0.15) is 0 Å². The summed E-state index contributed by atoms with van der Waals surface area (Å²) in [7, 11) is 0. The molecule has 0 spiro atoms. The van der Waals surface area contributed by atoms with Gasteiger partial charge in [0.1, 0.15) is 5.01 Å². The summed E-state index contributed by atoms with van der Waals surface area (Å²) in [6.07, 6.45) is 2.20. The fourth-order valence-electron chi connectivity index (χ4n) is 1.56. The normalized spacial score (nSPS) is 20.6. The minimum absolute atomic E-state index is 0.0400. The molecule has 5 nitrogen and oxygen atoms in total. The molecule has 1 atom stereocenters. The Labute approximate surface area is 98.2 Å². The molecule has 1 unspecified atom stereocenters. The molecule has 16 heavy (non-hydrogen) atoms. The van der Waals surface area contributed by atoms with Gasteiger partial charge in [0.15, 0.2) is 0 Å². The predicted octanol–water partition coefficient (Wildman–Crippen LogP) is 0.138. The molecule has 1 fully saturated rings. The third-order valence-electron chi connectivity index (χ3n) is 2.35. The standard InChI is InChI=1S/C10H15N3O2S/c14-9(5-8-7-15-3-1-11-8)13-6-10-12-2-4-16-10/h2,4,8,11H,1,3,5-7H2,(H,13,14). The average Bonchev–Trinajstić information content (AvgIpc) is 2.81. The maximum absolute atomic E-state index is 11.6. The van der Waals surface area contributed by atoms with Crippen LogP contribution in [0.2, 0.25) is 0 Å². The SMILES string of the molecule is O=C(CC1COCCN1)NCc1nccs1. The van der Waals surface area contributed by atoms with E-state index in [1.54, 1.807) is 17.5 Å². The van der Waals surface area contributed by atoms with Gasteiger partial charge < -0.3 is 15.4 Å². The summed E-state index contributed by atoms with van der Waals surface area (Å²) in [5, 5.41) is 8.92. The van der Waals surface area contributed by atoms with Crippen LogP contribution in [0, 0.1) is 0 Å². The fraction of sp³-hybridized carbons (Fsp3) is 0.600. The number of nitrogens with zero attached hydrogens (tertiary/aromatic N) is 1. The van der Waals surface area contributed by atoms with Gasteiger partial charge in [0, 0.05) is 30.6 Å². The maximum Gasteiger partial charge on any atom is 0.222 e. The van der Waals surface area contributed by atoms with E-state index in [-0.39, 0.29) is 11.9 Å². The number of aromatic nitrogens is 1. The van der Waals surface area contributed by atoms with Crippen molar-refractivity contribution in [3.8, 4) is 0 Å². The van der Waals surface area contributed by atoms with Crippen LogP contribution < -0.4 is 10.6 Å². The van der Waals surface area contributed by atoms with Gasteiger partial charge >= 0.3 is 0 Å². The lowest BCUT2D eigenvalue weighted by Crippen LogP contribution is -2.44. The Kier molecular flexibility index (Phi) is 4.26. The zero-order valence-corrected chi connectivity index (χ0v) is 9.76. The van der Waals surface area contributed by atoms with E-state index in [2.05, 4.69) is 15.6 Å². The number of thiazole rings is 1. The summed E-state index contributed by atoms with van der Waals surface area (Å²) >= 11 is 1.54. The molecule has 1 aromatic heterocycles. The highest BCUT2D eigenvalue weighted by Gasteiger charge is 2.16. The van der Waals surface area contributed by atoms with Crippen LogP contribution in [0.5, 0.6) is 0 Å². The van der Waals surface area contributed by atoms with E-state index in [0.29, 0.717) is 19.6 Å². The predicted molar refractivity (Wildman–Crippen MR) is 61.2 cm³/mol. The molecule has 1 aliphatic rings. The molecule has 1 aliphatic heterocycles. The minimum atomic E-state index is 0.0400. The fourth-order valence-corrected chi connectivity index (χ4v) is 2.12. The Morgan fingerprint density at radius 1 is 1.75 bits per heavy atom. The lowest BCUT2D eigenvalue weighted by atomic mass is 10.2. The smallest absolute Gasteiger partial charge is 0.222 e. The van der Waals surface area contributed by atoms with Gasteiger partial charge in [0.05, 0.1) is 19.8 Å². The van der Waals surface area contributed by atoms with Crippen molar-refractivity contribution in [1.29, 1.82) is 0 Å². The second kappa shape index (κ2) is 5.93. The molecule has 1 saturated heterocycles. The van der Waals surface area contributed by atoms with Gasteiger partial charge in [0.25, 0.3) is 0 Å². The highest BCUT2D eigenvalue weighted by atomic mass is 32.1. The van der Waals surface area contributed by atoms with Crippen LogP contribution in [0.4, 0.5) is 0 Å². The van der Waals surface area contributed by atoms with Gasteiger partial charge in [-0.1, -0.05) is 0 Å². The number of morpholine rings is 1. The second-order valence-electron chi connectivity index (χ2n) is 3.63. The van der Waals surface area contributed by atoms with Crippen LogP contribution in [0.25, 0.3) is 0 Å². The number of hydrogen-bond acceptors (Lipinski definition) is 5. The summed E-state index contributed by atoms with van der Waals surface area (Å²) in [5.41, 5.74) is 0. The first-order chi connectivity index (χ1) is 7.84. The van der Waals surface area contributed by atoms with E-state index >= 15 is 0 Å². The van der Waals surface area contributed by atoms with Crippen LogP contribution in [-0.4, -0.2) is 36.7 Å². The molecular weight excluding hydrogens is 226 g/mol. The summed E-state index contributed by atoms with van der Waals surface area (Å²) in [6, 6.07) is 0.144. The van der Waals surface area contributed by atoms with Crippen molar-refractivity contribution in [2.75, 3.05) is 19.8 Å². The van der Waals surface area contributed by atoms with Gasteiger partial charge in [0.2, 0.25) is 5.91 Å². The summed E-state index contributed by atoms with van der Waals surface area (Å²) in [4.78, 5) is 15.7. The number of ether oxygens (including phenoxy) is 1. The quantitative estimate of drug-likeness (QED) is 0.787. The van der Waals surface area contributed by atoms with Crippen LogP contribution in [0.1, 0.15) is 11.4 Å². The van der Waals surface area contributed by atoms with Crippen LogP contribution in [0.15, 0.2) is 11.6 Å². The van der Waals surface area contributed by atoms with Crippen molar-refractivity contribution < 1.29 is 9.53 Å². The van der Waals surface area contributed by atoms with E-state index in [9.17, 15) is 4.79 Å². The summed E-state index contributed by atoms with van der Waals surface area (Å²) in [6.45, 7) is 2.69. The van der Waals surface area contributed by atoms with E-state index in [0.717, 1.165) is 18.2 Å². The minimum Gasteiger partial charge on any atom is -0.378 e. The first-order valence-corrected chi connectivity index (χ1v) is 6.19. The van der Waals surface area contributed by atoms with E-state index in [1.807, 2.05) is 5.38 Å². The topological polar surface area (TPSA) is 63.2 Å². The highest BCUT2D eigenvalue weighted by molar-refractivity contribution is 7.09. The number of rotatable bonds is 4. The number of hydrogen-bond donors (Lipinski definition) is 2. The van der Waals surface area contributed by atoms with E-state index in [4.69, 9.17) is 4.74 Å². The second-order valence-corrected chi connectivity index (χ2v) is 4.61. The van der Waals surface area contributed by atoms with Gasteiger partial charge in [-0.05, 0) is 0 Å². The number of amides is 1. The average molecular weight is 241 g/mol. The molecule has 2 heterocycles. The third-order valence-corrected chi connectivity index (χ3v) is 3.13. The summed E-state index contributed by atoms with van der Waals surface area (Å²) < 4.78 is 5.28. The zero-order chi connectivity index (χ0) is 11.2. The first kappa shape index (κ1) is 11.5. The van der Waals surface area contributed by atoms with Gasteiger partial charge in [-0.3, -0.25) is 4.79 Å². The van der Waals surface area contributed by atoms with E-state index < -0.39 is 0 Å². The molecule has 6 heteroatoms. The van der Waals surface area contributed by atoms with Crippen molar-refractivity contribution in [3.63, 3.8) is 0 Å². The first-order valence-electron chi connectivity index (χ1n) is 5.31. The van der Waals surface area contributed by atoms with Gasteiger partial charge in [-0.25, -0.2) is 4.98 Å². The lowest BCUT2D eigenvalue weighted by molar-refractivity contribution is -0.122. The monoisotopic (exact) mass is 241 g/mol. The van der Waals surface area contributed by atoms with Gasteiger partial charge in [-0.15, -0.1) is 11.3 Å². The summed E-state index contributed by atoms with van der Waals surface area (Å²) in [5.74, 6) is 0.0400. The van der Waals surface area contributed by atoms with E-state index in [1.165, 1.54) is 0 Å². The van der Waals surface area contributed by atoms with Crippen molar-refractivity contribution >= 4 is 17.2 Å². The molecule has 1 amide bonds. The van der Waals surface area contributed by atoms with Crippen molar-refractivity contribution in [2.24, 2.45) is 0 Å². The molecule has 0 bridgehead atoms. The molecule has 0 radical (unpaired) electrons. The molecule has 2 rings (SSSR count). The largest absolute Gasteiger partial charge is 0.378 e. The van der Waals surface area contributed by atoms with Crippen LogP contribution in [0.3, 0.4) is 0 Å². The molecule has 0 saturated carbocycles. The molecule has 88 valence electrons. The Bertz CT molecular complexity index is 323. The number of carbonyl (C=O) groups is 1. The van der Waals surface area contributed by atoms with Crippen LogP contribution >= 0.6 is 11.3 Å². The highest BCUT2D eigenvalue weighted by Crippen LogP contribution is 2.03. The molecule has 0 aliphatic carbocycles. The molecule has 0 aromatic carbocycles. The van der Waals surface area contributed by atoms with Crippen molar-refractivity contribution in [3.05, 3.63) is 16.6 Å². The lowest BCUT2D eigenvalue weighted by Gasteiger charge is -2.23. The Balaban J connectivity index is 1.67. The third kappa shape index (κ3) is 3.55. The Hall–Kier alpha value is -0.980.